The molecule has 2 aromatic rings. The quantitative estimate of drug-likeness (QED) is 0.906. The van der Waals surface area contributed by atoms with Gasteiger partial charge in [-0.25, -0.2) is 23.2 Å². The number of nitrogens with zero attached hydrogens (tertiary/aromatic N) is 3. The highest BCUT2D eigenvalue weighted by Crippen LogP contribution is 2.44. The average Bonchev–Trinajstić information content (AvgIpc) is 2.88. The molecule has 7 nitrogen and oxygen atoms in total. The van der Waals surface area contributed by atoms with E-state index in [4.69, 9.17) is 9.88 Å². The van der Waals surface area contributed by atoms with Crippen LogP contribution in [0.2, 0.25) is 0 Å². The van der Waals surface area contributed by atoms with Gasteiger partial charge in [0.25, 0.3) is 0 Å². The lowest BCUT2D eigenvalue weighted by atomic mass is 9.75. The van der Waals surface area contributed by atoms with E-state index in [-0.39, 0.29) is 10.5 Å². The van der Waals surface area contributed by atoms with Gasteiger partial charge in [-0.15, -0.1) is 0 Å². The smallest absolute Gasteiger partial charge is 0.241 e. The minimum Gasteiger partial charge on any atom is -0.374 e. The van der Waals surface area contributed by atoms with E-state index >= 15 is 0 Å². The van der Waals surface area contributed by atoms with Crippen molar-refractivity contribution in [2.45, 2.75) is 29.8 Å². The molecule has 2 heterocycles. The molecule has 0 aliphatic heterocycles. The fourth-order valence-electron chi connectivity index (χ4n) is 2.51. The van der Waals surface area contributed by atoms with Gasteiger partial charge in [0.1, 0.15) is 4.90 Å². The summed E-state index contributed by atoms with van der Waals surface area (Å²) in [4.78, 5) is 4.18. The third-order valence-corrected chi connectivity index (χ3v) is 4.81. The maximum Gasteiger partial charge on any atom is 0.241 e. The van der Waals surface area contributed by atoms with Crippen molar-refractivity contribution in [3.63, 3.8) is 0 Å². The van der Waals surface area contributed by atoms with Gasteiger partial charge in [0.15, 0.2) is 5.82 Å². The van der Waals surface area contributed by atoms with Crippen LogP contribution in [0.1, 0.15) is 24.8 Å². The van der Waals surface area contributed by atoms with Crippen molar-refractivity contribution in [2.24, 2.45) is 5.14 Å². The molecular formula is C13H16N4O3S. The van der Waals surface area contributed by atoms with E-state index in [0.717, 1.165) is 24.8 Å². The summed E-state index contributed by atoms with van der Waals surface area (Å²) in [6, 6.07) is 3.78. The van der Waals surface area contributed by atoms with Crippen LogP contribution in [0.3, 0.4) is 0 Å². The van der Waals surface area contributed by atoms with Crippen LogP contribution < -0.4 is 5.14 Å². The molecule has 1 saturated carbocycles. The number of hydrogen-bond donors (Lipinski definition) is 1. The number of hydrogen-bond acceptors (Lipinski definition) is 5. The Balaban J connectivity index is 1.98. The van der Waals surface area contributed by atoms with E-state index in [0.29, 0.717) is 5.82 Å². The molecule has 0 amide bonds. The first kappa shape index (κ1) is 14.2. The van der Waals surface area contributed by atoms with Crippen LogP contribution >= 0.6 is 0 Å². The highest BCUT2D eigenvalue weighted by atomic mass is 32.2. The van der Waals surface area contributed by atoms with Crippen molar-refractivity contribution in [3.8, 4) is 5.82 Å². The Morgan fingerprint density at radius 3 is 2.71 bits per heavy atom. The molecule has 2 aromatic heterocycles. The maximum atomic E-state index is 11.3. The first-order valence-corrected chi connectivity index (χ1v) is 8.09. The Morgan fingerprint density at radius 2 is 2.19 bits per heavy atom. The second-order valence-electron chi connectivity index (χ2n) is 5.12. The number of sulfonamides is 1. The number of primary sulfonamides is 1. The average molecular weight is 308 g/mol. The van der Waals surface area contributed by atoms with Crippen LogP contribution in [0, 0.1) is 0 Å². The van der Waals surface area contributed by atoms with Gasteiger partial charge in [-0.1, -0.05) is 0 Å². The molecule has 1 aliphatic carbocycles. The lowest BCUT2D eigenvalue weighted by molar-refractivity contribution is -0.0779. The normalized spacial score (nSPS) is 17.4. The number of ether oxygens (including phenoxy) is 1. The highest BCUT2D eigenvalue weighted by molar-refractivity contribution is 7.89. The van der Waals surface area contributed by atoms with E-state index in [9.17, 15) is 8.42 Å². The van der Waals surface area contributed by atoms with E-state index in [1.54, 1.807) is 13.3 Å². The Morgan fingerprint density at radius 1 is 1.43 bits per heavy atom. The van der Waals surface area contributed by atoms with Crippen molar-refractivity contribution in [2.75, 3.05) is 7.11 Å². The zero-order valence-electron chi connectivity index (χ0n) is 11.6. The van der Waals surface area contributed by atoms with Crippen LogP contribution in [0.5, 0.6) is 0 Å². The highest BCUT2D eigenvalue weighted by Gasteiger charge is 2.39. The Bertz CT molecular complexity index is 760. The summed E-state index contributed by atoms with van der Waals surface area (Å²) in [7, 11) is -2.06. The van der Waals surface area contributed by atoms with Gasteiger partial charge in [0.2, 0.25) is 10.0 Å². The van der Waals surface area contributed by atoms with Crippen LogP contribution in [0.4, 0.5) is 0 Å². The third kappa shape index (κ3) is 2.45. The number of nitrogens with two attached hydrogens (primary N) is 1. The molecule has 0 spiro atoms. The Hall–Kier alpha value is -1.77. The minimum absolute atomic E-state index is 0.0418. The van der Waals surface area contributed by atoms with Crippen molar-refractivity contribution in [1.29, 1.82) is 0 Å². The Kier molecular flexibility index (Phi) is 3.31. The molecule has 1 fully saturated rings. The molecule has 8 heteroatoms. The molecule has 21 heavy (non-hydrogen) atoms. The summed E-state index contributed by atoms with van der Waals surface area (Å²) >= 11 is 0. The summed E-state index contributed by atoms with van der Waals surface area (Å²) in [6.07, 6.45) is 7.29. The second kappa shape index (κ2) is 4.90. The summed E-state index contributed by atoms with van der Waals surface area (Å²) in [5.74, 6) is 0.533. The van der Waals surface area contributed by atoms with Crippen molar-refractivity contribution in [3.05, 3.63) is 36.3 Å². The van der Waals surface area contributed by atoms with Gasteiger partial charge in [-0.3, -0.25) is 0 Å². The molecule has 0 saturated heterocycles. The third-order valence-electron chi connectivity index (χ3n) is 3.95. The van der Waals surface area contributed by atoms with Crippen LogP contribution in [-0.2, 0) is 20.4 Å². The lowest BCUT2D eigenvalue weighted by Gasteiger charge is -2.41. The molecule has 0 aromatic carbocycles. The monoisotopic (exact) mass is 308 g/mol. The van der Waals surface area contributed by atoms with Gasteiger partial charge in [-0.05, 0) is 37.0 Å². The van der Waals surface area contributed by atoms with Crippen molar-refractivity contribution < 1.29 is 13.2 Å². The number of rotatable bonds is 4. The summed E-state index contributed by atoms with van der Waals surface area (Å²) < 4.78 is 29.6. The first-order valence-electron chi connectivity index (χ1n) is 6.54. The number of pyridine rings is 1. The van der Waals surface area contributed by atoms with Crippen molar-refractivity contribution >= 4 is 10.0 Å². The summed E-state index contributed by atoms with van der Waals surface area (Å²) in [6.45, 7) is 0. The van der Waals surface area contributed by atoms with Crippen LogP contribution in [0.25, 0.3) is 5.82 Å². The molecule has 1 aliphatic rings. The first-order chi connectivity index (χ1) is 9.94. The molecule has 3 rings (SSSR count). The lowest BCUT2D eigenvalue weighted by Crippen LogP contribution is -2.36. The maximum absolute atomic E-state index is 11.3. The molecule has 0 radical (unpaired) electrons. The predicted molar refractivity (Wildman–Crippen MR) is 75.3 cm³/mol. The summed E-state index contributed by atoms with van der Waals surface area (Å²) in [5.41, 5.74) is 0.766. The molecule has 0 unspecified atom stereocenters. The minimum atomic E-state index is -3.76. The van der Waals surface area contributed by atoms with Gasteiger partial charge >= 0.3 is 0 Å². The van der Waals surface area contributed by atoms with Gasteiger partial charge < -0.3 is 4.74 Å². The standard InChI is InChI=1S/C13H16N4O3S/c1-20-13(4-2-5-13)10-3-6-15-12(7-10)17-9-11(8-16-17)21(14,18)19/h3,6-9H,2,4-5H2,1H3,(H2,14,18,19). The van der Waals surface area contributed by atoms with Crippen molar-refractivity contribution in [1.82, 2.24) is 14.8 Å². The second-order valence-corrected chi connectivity index (χ2v) is 6.68. The largest absolute Gasteiger partial charge is 0.374 e. The zero-order valence-corrected chi connectivity index (χ0v) is 12.4. The number of aromatic nitrogens is 3. The van der Waals surface area contributed by atoms with Crippen LogP contribution in [-0.4, -0.2) is 30.3 Å². The van der Waals surface area contributed by atoms with E-state index in [1.165, 1.54) is 17.1 Å². The number of methoxy groups -OCH3 is 1. The Labute approximate surface area is 122 Å². The molecular weight excluding hydrogens is 292 g/mol. The topological polar surface area (TPSA) is 100 Å². The molecule has 0 atom stereocenters. The van der Waals surface area contributed by atoms with Gasteiger partial charge in [0.05, 0.1) is 18.0 Å². The van der Waals surface area contributed by atoms with E-state index < -0.39 is 10.0 Å². The summed E-state index contributed by atoms with van der Waals surface area (Å²) in [5, 5.41) is 9.08. The predicted octanol–water partition coefficient (Wildman–Crippen LogP) is 0.940. The van der Waals surface area contributed by atoms with Gasteiger partial charge in [0, 0.05) is 13.3 Å². The molecule has 112 valence electrons. The molecule has 0 bridgehead atoms. The van der Waals surface area contributed by atoms with Gasteiger partial charge in [-0.2, -0.15) is 5.10 Å². The zero-order chi connectivity index (χ0) is 15.1. The fraction of sp³-hybridized carbons (Fsp3) is 0.385. The SMILES string of the molecule is COC1(c2ccnc(-n3cc(S(N)(=O)=O)cn3)c2)CCC1. The van der Waals surface area contributed by atoms with E-state index in [1.807, 2.05) is 12.1 Å². The van der Waals surface area contributed by atoms with Crippen LogP contribution in [0.15, 0.2) is 35.6 Å². The fourth-order valence-corrected chi connectivity index (χ4v) is 2.95. The van der Waals surface area contributed by atoms with E-state index in [2.05, 4.69) is 10.1 Å². The molecule has 2 N–H and O–H groups in total.